The lowest BCUT2D eigenvalue weighted by atomic mass is 9.70. The molecule has 2 heterocycles. The zero-order chi connectivity index (χ0) is 14.2. The zero-order valence-electron chi connectivity index (χ0n) is 12.7. The number of rotatable bonds is 4. The largest absolute Gasteiger partial charge is 0.334 e. The van der Waals surface area contributed by atoms with Crippen LogP contribution in [-0.4, -0.2) is 33.2 Å². The lowest BCUT2D eigenvalue weighted by molar-refractivity contribution is -0.0519. The van der Waals surface area contributed by atoms with E-state index in [1.54, 1.807) is 6.20 Å². The van der Waals surface area contributed by atoms with Gasteiger partial charge in [-0.3, -0.25) is 9.48 Å². The third-order valence-corrected chi connectivity index (χ3v) is 3.94. The van der Waals surface area contributed by atoms with Crippen molar-refractivity contribution in [2.45, 2.75) is 53.6 Å². The van der Waals surface area contributed by atoms with Crippen LogP contribution < -0.4 is 0 Å². The molecule has 1 aliphatic rings. The average Bonchev–Trinajstić information content (AvgIpc) is 2.73. The number of carbonyl (C=O) groups is 1. The van der Waals surface area contributed by atoms with Gasteiger partial charge in [0.05, 0.1) is 11.8 Å². The molecule has 0 radical (unpaired) electrons. The molecule has 1 aliphatic heterocycles. The SMILES string of the molecule is CCCn1cc(C(=O)N2CC(C)(C)C2C(C)C)cn1. The normalized spacial score (nSPS) is 21.6. The second-order valence-electron chi connectivity index (χ2n) is 6.60. The highest BCUT2D eigenvalue weighted by Gasteiger charge is 2.49. The summed E-state index contributed by atoms with van der Waals surface area (Å²) in [4.78, 5) is 14.5. The van der Waals surface area contributed by atoms with Gasteiger partial charge in [-0.1, -0.05) is 34.6 Å². The summed E-state index contributed by atoms with van der Waals surface area (Å²) in [7, 11) is 0. The van der Waals surface area contributed by atoms with Gasteiger partial charge >= 0.3 is 0 Å². The Hall–Kier alpha value is -1.32. The molecule has 1 amide bonds. The van der Waals surface area contributed by atoms with Crippen LogP contribution >= 0.6 is 0 Å². The van der Waals surface area contributed by atoms with Crippen LogP contribution in [0.4, 0.5) is 0 Å². The number of amides is 1. The fourth-order valence-electron chi connectivity index (χ4n) is 3.39. The molecule has 0 spiro atoms. The highest BCUT2D eigenvalue weighted by molar-refractivity contribution is 5.94. The molecular formula is C15H25N3O. The first-order chi connectivity index (χ1) is 8.86. The van der Waals surface area contributed by atoms with Crippen molar-refractivity contribution in [1.29, 1.82) is 0 Å². The van der Waals surface area contributed by atoms with E-state index >= 15 is 0 Å². The number of nitrogens with zero attached hydrogens (tertiary/aromatic N) is 3. The van der Waals surface area contributed by atoms with Crippen LogP contribution in [0, 0.1) is 11.3 Å². The van der Waals surface area contributed by atoms with E-state index in [1.807, 2.05) is 15.8 Å². The summed E-state index contributed by atoms with van der Waals surface area (Å²) in [6.07, 6.45) is 4.59. The van der Waals surface area contributed by atoms with Gasteiger partial charge in [0, 0.05) is 30.7 Å². The molecule has 1 aromatic heterocycles. The number of aromatic nitrogens is 2. The first-order valence-corrected chi connectivity index (χ1v) is 7.20. The molecule has 1 atom stereocenters. The van der Waals surface area contributed by atoms with E-state index in [9.17, 15) is 4.79 Å². The van der Waals surface area contributed by atoms with Crippen molar-refractivity contribution in [3.63, 3.8) is 0 Å². The van der Waals surface area contributed by atoms with Crippen LogP contribution in [0.2, 0.25) is 0 Å². The van der Waals surface area contributed by atoms with E-state index in [1.165, 1.54) is 0 Å². The molecular weight excluding hydrogens is 238 g/mol. The van der Waals surface area contributed by atoms with Crippen LogP contribution in [0.5, 0.6) is 0 Å². The van der Waals surface area contributed by atoms with Crippen LogP contribution in [0.1, 0.15) is 51.4 Å². The molecule has 1 aromatic rings. The smallest absolute Gasteiger partial charge is 0.257 e. The van der Waals surface area contributed by atoms with Gasteiger partial charge < -0.3 is 4.90 Å². The summed E-state index contributed by atoms with van der Waals surface area (Å²) >= 11 is 0. The summed E-state index contributed by atoms with van der Waals surface area (Å²) in [6, 6.07) is 0.328. The van der Waals surface area contributed by atoms with E-state index in [0.717, 1.165) is 25.1 Å². The Morgan fingerprint density at radius 1 is 1.53 bits per heavy atom. The maximum Gasteiger partial charge on any atom is 0.257 e. The quantitative estimate of drug-likeness (QED) is 0.837. The number of likely N-dealkylation sites (tertiary alicyclic amines) is 1. The summed E-state index contributed by atoms with van der Waals surface area (Å²) < 4.78 is 1.85. The van der Waals surface area contributed by atoms with Crippen LogP contribution in [0.15, 0.2) is 12.4 Å². The van der Waals surface area contributed by atoms with Crippen LogP contribution in [0.3, 0.4) is 0 Å². The Bertz CT molecular complexity index is 462. The molecule has 1 saturated heterocycles. The molecule has 0 bridgehead atoms. The van der Waals surface area contributed by atoms with Crippen molar-refractivity contribution >= 4 is 5.91 Å². The first kappa shape index (κ1) is 14.1. The highest BCUT2D eigenvalue weighted by Crippen LogP contribution is 2.41. The van der Waals surface area contributed by atoms with Gasteiger partial charge in [0.2, 0.25) is 0 Å². The molecule has 1 unspecified atom stereocenters. The zero-order valence-corrected chi connectivity index (χ0v) is 12.7. The lowest BCUT2D eigenvalue weighted by Crippen LogP contribution is -2.65. The van der Waals surface area contributed by atoms with Gasteiger partial charge in [0.15, 0.2) is 0 Å². The Morgan fingerprint density at radius 3 is 2.74 bits per heavy atom. The van der Waals surface area contributed by atoms with Gasteiger partial charge in [0.1, 0.15) is 0 Å². The summed E-state index contributed by atoms with van der Waals surface area (Å²) in [5, 5.41) is 4.24. The maximum atomic E-state index is 12.5. The topological polar surface area (TPSA) is 38.1 Å². The van der Waals surface area contributed by atoms with Gasteiger partial charge in [-0.25, -0.2) is 0 Å². The highest BCUT2D eigenvalue weighted by atomic mass is 16.2. The number of hydrogen-bond acceptors (Lipinski definition) is 2. The second kappa shape index (κ2) is 4.99. The molecule has 19 heavy (non-hydrogen) atoms. The van der Waals surface area contributed by atoms with Crippen LogP contribution in [-0.2, 0) is 6.54 Å². The average molecular weight is 263 g/mol. The van der Waals surface area contributed by atoms with Crippen molar-refractivity contribution in [2.24, 2.45) is 11.3 Å². The van der Waals surface area contributed by atoms with Crippen LogP contribution in [0.25, 0.3) is 0 Å². The third kappa shape index (κ3) is 2.53. The molecule has 2 rings (SSSR count). The van der Waals surface area contributed by atoms with E-state index < -0.39 is 0 Å². The third-order valence-electron chi connectivity index (χ3n) is 3.94. The molecule has 0 saturated carbocycles. The van der Waals surface area contributed by atoms with Crippen molar-refractivity contribution in [2.75, 3.05) is 6.54 Å². The second-order valence-corrected chi connectivity index (χ2v) is 6.60. The Labute approximate surface area is 115 Å². The Morgan fingerprint density at radius 2 is 2.21 bits per heavy atom. The monoisotopic (exact) mass is 263 g/mol. The first-order valence-electron chi connectivity index (χ1n) is 7.20. The number of aryl methyl sites for hydroxylation is 1. The van der Waals surface area contributed by atoms with Gasteiger partial charge in [-0.05, 0) is 12.3 Å². The van der Waals surface area contributed by atoms with Gasteiger partial charge in [0.25, 0.3) is 5.91 Å². The Kier molecular flexibility index (Phi) is 3.70. The number of carbonyl (C=O) groups excluding carboxylic acids is 1. The predicted octanol–water partition coefficient (Wildman–Crippen LogP) is 2.80. The molecule has 0 aromatic carbocycles. The van der Waals surface area contributed by atoms with Crippen molar-refractivity contribution in [3.8, 4) is 0 Å². The minimum atomic E-state index is 0.125. The van der Waals surface area contributed by atoms with Crippen molar-refractivity contribution < 1.29 is 4.79 Å². The molecule has 0 N–H and O–H groups in total. The summed E-state index contributed by atoms with van der Waals surface area (Å²) in [5.74, 6) is 0.610. The minimum absolute atomic E-state index is 0.125. The minimum Gasteiger partial charge on any atom is -0.334 e. The van der Waals surface area contributed by atoms with Crippen molar-refractivity contribution in [3.05, 3.63) is 18.0 Å². The molecule has 0 aliphatic carbocycles. The standard InChI is InChI=1S/C15H25N3O/c1-6-7-17-9-12(8-16-17)14(19)18-10-15(4,5)13(18)11(2)3/h8-9,11,13H,6-7,10H2,1-5H3. The summed E-state index contributed by atoms with van der Waals surface area (Å²) in [5.41, 5.74) is 0.943. The van der Waals surface area contributed by atoms with Crippen molar-refractivity contribution in [1.82, 2.24) is 14.7 Å². The molecule has 4 nitrogen and oxygen atoms in total. The van der Waals surface area contributed by atoms with Gasteiger partial charge in [-0.2, -0.15) is 5.10 Å². The van der Waals surface area contributed by atoms with E-state index in [-0.39, 0.29) is 11.3 Å². The lowest BCUT2D eigenvalue weighted by Gasteiger charge is -2.56. The maximum absolute atomic E-state index is 12.5. The Balaban J connectivity index is 2.11. The predicted molar refractivity (Wildman–Crippen MR) is 76.0 cm³/mol. The van der Waals surface area contributed by atoms with Gasteiger partial charge in [-0.15, -0.1) is 0 Å². The molecule has 106 valence electrons. The summed E-state index contributed by atoms with van der Waals surface area (Å²) in [6.45, 7) is 12.7. The van der Waals surface area contributed by atoms with E-state index in [2.05, 4.69) is 39.7 Å². The van der Waals surface area contributed by atoms with E-state index in [4.69, 9.17) is 0 Å². The number of hydrogen-bond donors (Lipinski definition) is 0. The fourth-order valence-corrected chi connectivity index (χ4v) is 3.39. The molecule has 1 fully saturated rings. The van der Waals surface area contributed by atoms with E-state index in [0.29, 0.717) is 12.0 Å². The molecule has 4 heteroatoms. The fraction of sp³-hybridized carbons (Fsp3) is 0.733.